The van der Waals surface area contributed by atoms with Crippen molar-refractivity contribution < 1.29 is 9.63 Å². The molecule has 2 aromatic rings. The second kappa shape index (κ2) is 6.90. The molecule has 2 amide bonds. The van der Waals surface area contributed by atoms with Gasteiger partial charge in [-0.1, -0.05) is 30.3 Å². The van der Waals surface area contributed by atoms with E-state index < -0.39 is 0 Å². The van der Waals surface area contributed by atoms with E-state index in [0.29, 0.717) is 6.61 Å². The minimum atomic E-state index is -0.373. The normalized spacial score (nSPS) is 12.0. The summed E-state index contributed by atoms with van der Waals surface area (Å²) < 4.78 is 1.73. The summed E-state index contributed by atoms with van der Waals surface area (Å²) in [5.41, 5.74) is 5.26. The van der Waals surface area contributed by atoms with Crippen molar-refractivity contribution in [1.29, 1.82) is 0 Å². The third-order valence-electron chi connectivity index (χ3n) is 3.11. The van der Waals surface area contributed by atoms with Gasteiger partial charge in [0.1, 0.15) is 0 Å². The Morgan fingerprint density at radius 1 is 1.38 bits per heavy atom. The van der Waals surface area contributed by atoms with Crippen molar-refractivity contribution in [3.8, 4) is 0 Å². The van der Waals surface area contributed by atoms with E-state index in [1.54, 1.807) is 4.68 Å². The van der Waals surface area contributed by atoms with Crippen LogP contribution in [0.15, 0.2) is 36.5 Å². The highest BCUT2D eigenvalue weighted by molar-refractivity contribution is 5.73. The molecule has 2 N–H and O–H groups in total. The van der Waals surface area contributed by atoms with Crippen molar-refractivity contribution in [1.82, 2.24) is 20.6 Å². The number of hydrogen-bond acceptors (Lipinski definition) is 3. The number of aryl methyl sites for hydroxylation is 2. The number of benzene rings is 1. The molecule has 6 nitrogen and oxygen atoms in total. The predicted molar refractivity (Wildman–Crippen MR) is 79.3 cm³/mol. The summed E-state index contributed by atoms with van der Waals surface area (Å²) in [4.78, 5) is 16.9. The topological polar surface area (TPSA) is 68.2 Å². The summed E-state index contributed by atoms with van der Waals surface area (Å²) >= 11 is 0. The maximum atomic E-state index is 11.8. The summed E-state index contributed by atoms with van der Waals surface area (Å²) in [5, 5.41) is 7.06. The molecule has 0 saturated carbocycles. The van der Waals surface area contributed by atoms with Crippen LogP contribution < -0.4 is 10.8 Å². The molecule has 0 saturated heterocycles. The Morgan fingerprint density at radius 3 is 2.71 bits per heavy atom. The SMILES string of the molecule is Cc1nn(C)cc1C(C)NC(=O)NOCc1ccccc1. The summed E-state index contributed by atoms with van der Waals surface area (Å²) in [6.07, 6.45) is 1.89. The first-order valence-corrected chi connectivity index (χ1v) is 6.78. The van der Waals surface area contributed by atoms with Crippen molar-refractivity contribution in [2.24, 2.45) is 7.05 Å². The lowest BCUT2D eigenvalue weighted by atomic mass is 10.1. The molecule has 0 bridgehead atoms. The van der Waals surface area contributed by atoms with Crippen LogP contribution >= 0.6 is 0 Å². The second-order valence-electron chi connectivity index (χ2n) is 4.92. The molecule has 1 unspecified atom stereocenters. The van der Waals surface area contributed by atoms with Crippen LogP contribution in [0, 0.1) is 6.92 Å². The van der Waals surface area contributed by atoms with E-state index in [4.69, 9.17) is 4.84 Å². The van der Waals surface area contributed by atoms with Crippen molar-refractivity contribution in [3.05, 3.63) is 53.3 Å². The first-order chi connectivity index (χ1) is 10.1. The zero-order valence-electron chi connectivity index (χ0n) is 12.5. The van der Waals surface area contributed by atoms with Crippen LogP contribution in [0.25, 0.3) is 0 Å². The fourth-order valence-corrected chi connectivity index (χ4v) is 2.11. The molecule has 6 heteroatoms. The van der Waals surface area contributed by atoms with E-state index in [1.807, 2.05) is 57.4 Å². The van der Waals surface area contributed by atoms with Crippen molar-refractivity contribution in [2.75, 3.05) is 0 Å². The van der Waals surface area contributed by atoms with Crippen LogP contribution in [-0.4, -0.2) is 15.8 Å². The van der Waals surface area contributed by atoms with Gasteiger partial charge in [0.15, 0.2) is 0 Å². The highest BCUT2D eigenvalue weighted by Crippen LogP contribution is 2.15. The zero-order chi connectivity index (χ0) is 15.2. The van der Waals surface area contributed by atoms with E-state index in [9.17, 15) is 4.79 Å². The molecule has 1 aromatic heterocycles. The molecule has 1 heterocycles. The van der Waals surface area contributed by atoms with Gasteiger partial charge in [-0.2, -0.15) is 5.10 Å². The van der Waals surface area contributed by atoms with Gasteiger partial charge in [-0.05, 0) is 19.4 Å². The standard InChI is InChI=1S/C15H20N4O2/c1-11(14-9-19(3)17-12(14)2)16-15(20)18-21-10-13-7-5-4-6-8-13/h4-9,11H,10H2,1-3H3,(H2,16,18,20). The minimum Gasteiger partial charge on any atom is -0.330 e. The van der Waals surface area contributed by atoms with Gasteiger partial charge in [0.2, 0.25) is 0 Å². The monoisotopic (exact) mass is 288 g/mol. The molecular weight excluding hydrogens is 268 g/mol. The lowest BCUT2D eigenvalue weighted by Gasteiger charge is -2.14. The number of rotatable bonds is 5. The van der Waals surface area contributed by atoms with Crippen molar-refractivity contribution >= 4 is 6.03 Å². The van der Waals surface area contributed by atoms with Gasteiger partial charge in [0.05, 0.1) is 18.3 Å². The Morgan fingerprint density at radius 2 is 2.10 bits per heavy atom. The molecule has 112 valence electrons. The van der Waals surface area contributed by atoms with Gasteiger partial charge < -0.3 is 5.32 Å². The molecule has 2 rings (SSSR count). The molecule has 1 atom stereocenters. The average molecular weight is 288 g/mol. The Kier molecular flexibility index (Phi) is 4.94. The van der Waals surface area contributed by atoms with Crippen molar-refractivity contribution in [3.63, 3.8) is 0 Å². The van der Waals surface area contributed by atoms with Crippen molar-refractivity contribution in [2.45, 2.75) is 26.5 Å². The molecule has 0 aliphatic carbocycles. The van der Waals surface area contributed by atoms with Gasteiger partial charge >= 0.3 is 6.03 Å². The Bertz CT molecular complexity index is 595. The molecule has 0 spiro atoms. The number of urea groups is 1. The summed E-state index contributed by atoms with van der Waals surface area (Å²) in [5.74, 6) is 0. The van der Waals surface area contributed by atoms with E-state index >= 15 is 0 Å². The molecule has 0 fully saturated rings. The van der Waals surface area contributed by atoms with Gasteiger partial charge in [-0.15, -0.1) is 0 Å². The molecule has 0 aliphatic heterocycles. The third-order valence-corrected chi connectivity index (χ3v) is 3.11. The van der Waals surface area contributed by atoms with E-state index in [1.165, 1.54) is 0 Å². The second-order valence-corrected chi connectivity index (χ2v) is 4.92. The van der Waals surface area contributed by atoms with Gasteiger partial charge in [0.25, 0.3) is 0 Å². The number of aromatic nitrogens is 2. The Balaban J connectivity index is 1.78. The summed E-state index contributed by atoms with van der Waals surface area (Å²) in [6, 6.07) is 9.13. The number of hydrogen-bond donors (Lipinski definition) is 2. The van der Waals surface area contributed by atoms with Crippen LogP contribution in [0.2, 0.25) is 0 Å². The third kappa shape index (κ3) is 4.32. The highest BCUT2D eigenvalue weighted by atomic mass is 16.7. The molecule has 0 aliphatic rings. The lowest BCUT2D eigenvalue weighted by Crippen LogP contribution is -2.37. The average Bonchev–Trinajstić information content (AvgIpc) is 2.79. The number of hydroxylamine groups is 1. The van der Waals surface area contributed by atoms with Crippen LogP contribution in [0.1, 0.15) is 29.8 Å². The summed E-state index contributed by atoms with van der Waals surface area (Å²) in [6.45, 7) is 4.15. The quantitative estimate of drug-likeness (QED) is 0.829. The maximum absolute atomic E-state index is 11.8. The molecule has 0 radical (unpaired) electrons. The number of nitrogens with one attached hydrogen (secondary N) is 2. The largest absolute Gasteiger partial charge is 0.339 e. The summed E-state index contributed by atoms with van der Waals surface area (Å²) in [7, 11) is 1.85. The van der Waals surface area contributed by atoms with Crippen LogP contribution in [0.5, 0.6) is 0 Å². The Hall–Kier alpha value is -2.34. The fraction of sp³-hybridized carbons (Fsp3) is 0.333. The number of carbonyl (C=O) groups excluding carboxylic acids is 1. The lowest BCUT2D eigenvalue weighted by molar-refractivity contribution is 0.0483. The van der Waals surface area contributed by atoms with Gasteiger partial charge in [-0.3, -0.25) is 9.52 Å². The van der Waals surface area contributed by atoms with Gasteiger partial charge in [-0.25, -0.2) is 10.3 Å². The highest BCUT2D eigenvalue weighted by Gasteiger charge is 2.14. The van der Waals surface area contributed by atoms with E-state index in [-0.39, 0.29) is 12.1 Å². The van der Waals surface area contributed by atoms with Crippen LogP contribution in [0.3, 0.4) is 0 Å². The first kappa shape index (κ1) is 15.1. The predicted octanol–water partition coefficient (Wildman–Crippen LogP) is 2.22. The number of carbonyl (C=O) groups is 1. The van der Waals surface area contributed by atoms with Gasteiger partial charge in [0, 0.05) is 18.8 Å². The fourth-order valence-electron chi connectivity index (χ4n) is 2.11. The maximum Gasteiger partial charge on any atom is 0.339 e. The molecule has 21 heavy (non-hydrogen) atoms. The van der Waals surface area contributed by atoms with Crippen LogP contribution in [0.4, 0.5) is 4.79 Å². The van der Waals surface area contributed by atoms with E-state index in [2.05, 4.69) is 15.9 Å². The number of amides is 2. The molecular formula is C15H20N4O2. The smallest absolute Gasteiger partial charge is 0.330 e. The Labute approximate surface area is 124 Å². The molecule has 1 aromatic carbocycles. The zero-order valence-corrected chi connectivity index (χ0v) is 12.5. The van der Waals surface area contributed by atoms with E-state index in [0.717, 1.165) is 16.8 Å². The van der Waals surface area contributed by atoms with Crippen LogP contribution in [-0.2, 0) is 18.5 Å². The number of nitrogens with zero attached hydrogens (tertiary/aromatic N) is 2. The minimum absolute atomic E-state index is 0.140. The first-order valence-electron chi connectivity index (χ1n) is 6.78.